The van der Waals surface area contributed by atoms with Crippen molar-refractivity contribution in [3.05, 3.63) is 72.6 Å². The number of morpholine rings is 1. The highest BCUT2D eigenvalue weighted by Crippen LogP contribution is 2.34. The zero-order chi connectivity index (χ0) is 19.8. The van der Waals surface area contributed by atoms with Gasteiger partial charge in [-0.3, -0.25) is 4.68 Å². The van der Waals surface area contributed by atoms with E-state index in [2.05, 4.69) is 23.0 Å². The maximum atomic E-state index is 6.21. The largest absolute Gasteiger partial charge is 0.367 e. The number of aromatic nitrogens is 4. The van der Waals surface area contributed by atoms with E-state index in [0.29, 0.717) is 13.2 Å². The molecule has 1 atom stereocenters. The van der Waals surface area contributed by atoms with Crippen LogP contribution < -0.4 is 4.90 Å². The summed E-state index contributed by atoms with van der Waals surface area (Å²) >= 11 is 0. The first-order valence-electron chi connectivity index (χ1n) is 9.83. The van der Waals surface area contributed by atoms with Crippen LogP contribution in [0.1, 0.15) is 12.5 Å². The van der Waals surface area contributed by atoms with Gasteiger partial charge in [-0.15, -0.1) is 0 Å². The molecule has 0 radical (unpaired) electrons. The van der Waals surface area contributed by atoms with Crippen LogP contribution >= 0.6 is 0 Å². The molecule has 6 heteroatoms. The Labute approximate surface area is 169 Å². The molecular weight excluding hydrogens is 362 g/mol. The van der Waals surface area contributed by atoms with Crippen LogP contribution in [0.3, 0.4) is 0 Å². The molecule has 6 nitrogen and oxygen atoms in total. The van der Waals surface area contributed by atoms with Gasteiger partial charge in [0.1, 0.15) is 11.4 Å². The standard InChI is InChI=1S/C23H23N5O/c1-23(18-14-24-27(2)15-18)16-28(12-13-29-23)22-19-10-6-7-11-20(19)25-21(26-22)17-8-4-3-5-9-17/h3-11,14-15H,12-13,16H2,1-2H3. The fourth-order valence-corrected chi connectivity index (χ4v) is 3.94. The highest BCUT2D eigenvalue weighted by Gasteiger charge is 2.36. The van der Waals surface area contributed by atoms with Crippen LogP contribution in [0, 0.1) is 0 Å². The number of hydrogen-bond donors (Lipinski definition) is 0. The molecule has 1 unspecified atom stereocenters. The van der Waals surface area contributed by atoms with E-state index in [1.54, 1.807) is 0 Å². The van der Waals surface area contributed by atoms with Gasteiger partial charge in [-0.2, -0.15) is 5.10 Å². The number of rotatable bonds is 3. The number of nitrogens with zero attached hydrogens (tertiary/aromatic N) is 5. The lowest BCUT2D eigenvalue weighted by Gasteiger charge is -2.41. The molecule has 2 aromatic heterocycles. The first kappa shape index (κ1) is 17.8. The van der Waals surface area contributed by atoms with Crippen LogP contribution in [0.4, 0.5) is 5.82 Å². The summed E-state index contributed by atoms with van der Waals surface area (Å²) in [5.41, 5.74) is 2.60. The van der Waals surface area contributed by atoms with E-state index in [0.717, 1.165) is 40.2 Å². The van der Waals surface area contributed by atoms with E-state index in [-0.39, 0.29) is 0 Å². The van der Waals surface area contributed by atoms with Gasteiger partial charge in [0.25, 0.3) is 0 Å². The zero-order valence-electron chi connectivity index (χ0n) is 16.6. The highest BCUT2D eigenvalue weighted by molar-refractivity contribution is 5.91. The Bertz CT molecular complexity index is 1160. The summed E-state index contributed by atoms with van der Waals surface area (Å²) in [6.45, 7) is 4.24. The van der Waals surface area contributed by atoms with Crippen LogP contribution in [-0.2, 0) is 17.4 Å². The molecule has 0 N–H and O–H groups in total. The Morgan fingerprint density at radius 1 is 1.00 bits per heavy atom. The number of hydrogen-bond acceptors (Lipinski definition) is 5. The fraction of sp³-hybridized carbons (Fsp3) is 0.261. The van der Waals surface area contributed by atoms with E-state index >= 15 is 0 Å². The van der Waals surface area contributed by atoms with Gasteiger partial charge in [0.2, 0.25) is 0 Å². The summed E-state index contributed by atoms with van der Waals surface area (Å²) in [6, 6.07) is 18.3. The zero-order valence-corrected chi connectivity index (χ0v) is 16.6. The second-order valence-corrected chi connectivity index (χ2v) is 7.66. The van der Waals surface area contributed by atoms with E-state index < -0.39 is 5.60 Å². The van der Waals surface area contributed by atoms with Crippen molar-refractivity contribution < 1.29 is 4.74 Å². The average molecular weight is 385 g/mol. The quantitative estimate of drug-likeness (QED) is 0.537. The topological polar surface area (TPSA) is 56.1 Å². The predicted molar refractivity (Wildman–Crippen MR) is 114 cm³/mol. The first-order valence-corrected chi connectivity index (χ1v) is 9.83. The van der Waals surface area contributed by atoms with Gasteiger partial charge in [0, 0.05) is 36.3 Å². The minimum absolute atomic E-state index is 0.439. The minimum Gasteiger partial charge on any atom is -0.367 e. The molecule has 0 aliphatic carbocycles. The highest BCUT2D eigenvalue weighted by atomic mass is 16.5. The van der Waals surface area contributed by atoms with Gasteiger partial charge in [0.05, 0.1) is 24.9 Å². The lowest BCUT2D eigenvalue weighted by Crippen LogP contribution is -2.48. The second-order valence-electron chi connectivity index (χ2n) is 7.66. The lowest BCUT2D eigenvalue weighted by atomic mass is 9.96. The van der Waals surface area contributed by atoms with Crippen molar-refractivity contribution in [1.82, 2.24) is 19.7 Å². The summed E-state index contributed by atoms with van der Waals surface area (Å²) in [5.74, 6) is 1.70. The Hall–Kier alpha value is -3.25. The van der Waals surface area contributed by atoms with Crippen molar-refractivity contribution in [2.45, 2.75) is 12.5 Å². The smallest absolute Gasteiger partial charge is 0.162 e. The van der Waals surface area contributed by atoms with Crippen molar-refractivity contribution in [3.8, 4) is 11.4 Å². The maximum absolute atomic E-state index is 6.21. The van der Waals surface area contributed by atoms with Crippen molar-refractivity contribution in [2.75, 3.05) is 24.6 Å². The van der Waals surface area contributed by atoms with Gasteiger partial charge >= 0.3 is 0 Å². The van der Waals surface area contributed by atoms with Gasteiger partial charge < -0.3 is 9.64 Å². The van der Waals surface area contributed by atoms with E-state index in [9.17, 15) is 0 Å². The molecule has 4 aromatic rings. The summed E-state index contributed by atoms with van der Waals surface area (Å²) in [6.07, 6.45) is 3.91. The molecule has 146 valence electrons. The Balaban J connectivity index is 1.60. The monoisotopic (exact) mass is 385 g/mol. The first-order chi connectivity index (χ1) is 14.1. The molecule has 0 saturated carbocycles. The van der Waals surface area contributed by atoms with Crippen molar-refractivity contribution in [1.29, 1.82) is 0 Å². The van der Waals surface area contributed by atoms with E-state index in [1.165, 1.54) is 0 Å². The Morgan fingerprint density at radius 3 is 2.59 bits per heavy atom. The molecule has 0 bridgehead atoms. The number of anilines is 1. The molecule has 0 amide bonds. The van der Waals surface area contributed by atoms with Crippen LogP contribution in [0.5, 0.6) is 0 Å². The minimum atomic E-state index is -0.439. The van der Waals surface area contributed by atoms with Gasteiger partial charge in [0.15, 0.2) is 5.82 Å². The summed E-state index contributed by atoms with van der Waals surface area (Å²) in [7, 11) is 1.93. The van der Waals surface area contributed by atoms with Crippen molar-refractivity contribution in [3.63, 3.8) is 0 Å². The fourth-order valence-electron chi connectivity index (χ4n) is 3.94. The Kier molecular flexibility index (Phi) is 4.28. The third-order valence-corrected chi connectivity index (χ3v) is 5.50. The van der Waals surface area contributed by atoms with Crippen molar-refractivity contribution >= 4 is 16.7 Å². The molecule has 1 fully saturated rings. The number of para-hydroxylation sites is 1. The summed E-state index contributed by atoms with van der Waals surface area (Å²) < 4.78 is 8.02. The van der Waals surface area contributed by atoms with Crippen LogP contribution in [0.25, 0.3) is 22.3 Å². The van der Waals surface area contributed by atoms with E-state index in [1.807, 2.05) is 72.7 Å². The number of ether oxygens (including phenoxy) is 1. The predicted octanol–water partition coefficient (Wildman–Crippen LogP) is 3.78. The van der Waals surface area contributed by atoms with Crippen LogP contribution in [0.2, 0.25) is 0 Å². The van der Waals surface area contributed by atoms with Crippen LogP contribution in [-0.4, -0.2) is 39.4 Å². The summed E-state index contributed by atoms with van der Waals surface area (Å²) in [4.78, 5) is 12.1. The lowest BCUT2D eigenvalue weighted by molar-refractivity contribution is -0.0467. The molecule has 0 spiro atoms. The number of aryl methyl sites for hydroxylation is 1. The maximum Gasteiger partial charge on any atom is 0.162 e. The molecule has 29 heavy (non-hydrogen) atoms. The third-order valence-electron chi connectivity index (χ3n) is 5.50. The number of benzene rings is 2. The normalized spacial score (nSPS) is 19.6. The Morgan fingerprint density at radius 2 is 1.79 bits per heavy atom. The number of fused-ring (bicyclic) bond motifs is 1. The average Bonchev–Trinajstić information content (AvgIpc) is 3.21. The molecule has 3 heterocycles. The summed E-state index contributed by atoms with van der Waals surface area (Å²) in [5, 5.41) is 5.39. The molecule has 5 rings (SSSR count). The third kappa shape index (κ3) is 3.25. The van der Waals surface area contributed by atoms with E-state index in [4.69, 9.17) is 14.7 Å². The molecule has 1 aliphatic heterocycles. The molecule has 2 aromatic carbocycles. The van der Waals surface area contributed by atoms with Crippen molar-refractivity contribution in [2.24, 2.45) is 7.05 Å². The van der Waals surface area contributed by atoms with Gasteiger partial charge in [-0.25, -0.2) is 9.97 Å². The molecular formula is C23H23N5O. The van der Waals surface area contributed by atoms with Crippen LogP contribution in [0.15, 0.2) is 67.0 Å². The van der Waals surface area contributed by atoms with Gasteiger partial charge in [-0.05, 0) is 19.1 Å². The molecule has 1 saturated heterocycles. The second kappa shape index (κ2) is 6.97. The van der Waals surface area contributed by atoms with Gasteiger partial charge in [-0.1, -0.05) is 42.5 Å². The SMILES string of the molecule is Cn1cc(C2(C)CN(c3nc(-c4ccccc4)nc4ccccc34)CCO2)cn1. The molecule has 1 aliphatic rings.